The average Bonchev–Trinajstić information content (AvgIpc) is 3.35. The Morgan fingerprint density at radius 1 is 1.05 bits per heavy atom. The van der Waals surface area contributed by atoms with Crippen molar-refractivity contribution in [1.29, 1.82) is 0 Å². The number of rotatable bonds is 5. The van der Waals surface area contributed by atoms with Crippen molar-refractivity contribution in [3.63, 3.8) is 0 Å². The van der Waals surface area contributed by atoms with Crippen LogP contribution in [0.1, 0.15) is 30.2 Å². The van der Waals surface area contributed by atoms with Gasteiger partial charge in [-0.05, 0) is 30.2 Å². The van der Waals surface area contributed by atoms with Crippen molar-refractivity contribution in [2.24, 2.45) is 0 Å². The molecule has 3 heteroatoms. The van der Waals surface area contributed by atoms with Crippen molar-refractivity contribution in [2.45, 2.75) is 25.1 Å². The molecule has 0 saturated carbocycles. The fourth-order valence-electron chi connectivity index (χ4n) is 2.84. The van der Waals surface area contributed by atoms with E-state index < -0.39 is 6.10 Å². The summed E-state index contributed by atoms with van der Waals surface area (Å²) >= 11 is 0. The van der Waals surface area contributed by atoms with Gasteiger partial charge in [0.25, 0.3) is 0 Å². The fraction of sp³-hybridized carbons (Fsp3) is 0.333. The molecule has 1 heterocycles. The van der Waals surface area contributed by atoms with Crippen LogP contribution in [0.5, 0.6) is 5.75 Å². The summed E-state index contributed by atoms with van der Waals surface area (Å²) in [5.74, 6) is 0.816. The van der Waals surface area contributed by atoms with Crippen molar-refractivity contribution < 1.29 is 9.84 Å². The Bertz CT molecular complexity index is 582. The van der Waals surface area contributed by atoms with Gasteiger partial charge in [-0.3, -0.25) is 4.90 Å². The van der Waals surface area contributed by atoms with E-state index in [1.165, 1.54) is 5.56 Å². The van der Waals surface area contributed by atoms with Crippen LogP contribution >= 0.6 is 0 Å². The molecule has 1 saturated heterocycles. The molecule has 1 N–H and O–H groups in total. The first-order chi connectivity index (χ1) is 10.2. The molecule has 1 aliphatic rings. The Hall–Kier alpha value is -1.84. The minimum atomic E-state index is -0.443. The number of benzene rings is 2. The van der Waals surface area contributed by atoms with Crippen molar-refractivity contribution in [3.8, 4) is 5.75 Å². The third-order valence-corrected chi connectivity index (χ3v) is 4.29. The Kier molecular flexibility index (Phi) is 3.95. The molecule has 0 amide bonds. The first-order valence-electron chi connectivity index (χ1n) is 7.33. The van der Waals surface area contributed by atoms with E-state index in [4.69, 9.17) is 4.74 Å². The Balaban J connectivity index is 1.66. The van der Waals surface area contributed by atoms with E-state index in [2.05, 4.69) is 36.1 Å². The fourth-order valence-corrected chi connectivity index (χ4v) is 2.84. The van der Waals surface area contributed by atoms with Crippen LogP contribution in [0.25, 0.3) is 0 Å². The average molecular weight is 283 g/mol. The quantitative estimate of drug-likeness (QED) is 0.855. The Morgan fingerprint density at radius 3 is 2.33 bits per heavy atom. The molecule has 0 bridgehead atoms. The minimum Gasteiger partial charge on any atom is -0.497 e. The standard InChI is InChI=1S/C18H21NO2/c1-13(14-6-4-3-5-7-14)19-12-17(19)18(20)15-8-10-16(21-2)11-9-15/h3-11,13,17-18,20H,12H2,1-2H3/t13-,17-,18+,19?/m1/s1. The van der Waals surface area contributed by atoms with Crippen molar-refractivity contribution >= 4 is 0 Å². The number of methoxy groups -OCH3 is 1. The molecule has 0 aliphatic carbocycles. The van der Waals surface area contributed by atoms with Crippen molar-refractivity contribution in [1.82, 2.24) is 4.90 Å². The number of hydrogen-bond donors (Lipinski definition) is 1. The largest absolute Gasteiger partial charge is 0.497 e. The lowest BCUT2D eigenvalue weighted by atomic mass is 10.1. The van der Waals surface area contributed by atoms with E-state index in [1.807, 2.05) is 30.3 Å². The van der Waals surface area contributed by atoms with E-state index in [-0.39, 0.29) is 6.04 Å². The highest BCUT2D eigenvalue weighted by Gasteiger charge is 2.43. The molecule has 2 aromatic carbocycles. The predicted molar refractivity (Wildman–Crippen MR) is 83.3 cm³/mol. The van der Waals surface area contributed by atoms with E-state index in [0.717, 1.165) is 17.9 Å². The van der Waals surface area contributed by atoms with Gasteiger partial charge < -0.3 is 9.84 Å². The molecule has 110 valence electrons. The lowest BCUT2D eigenvalue weighted by Gasteiger charge is -2.17. The molecular weight excluding hydrogens is 262 g/mol. The summed E-state index contributed by atoms with van der Waals surface area (Å²) in [6.07, 6.45) is -0.443. The van der Waals surface area contributed by atoms with Gasteiger partial charge in [0, 0.05) is 12.6 Å². The van der Waals surface area contributed by atoms with Gasteiger partial charge in [-0.25, -0.2) is 0 Å². The van der Waals surface area contributed by atoms with Crippen LogP contribution in [-0.4, -0.2) is 29.7 Å². The molecule has 1 aliphatic heterocycles. The smallest absolute Gasteiger partial charge is 0.118 e. The summed E-state index contributed by atoms with van der Waals surface area (Å²) in [4.78, 5) is 2.32. The number of nitrogens with zero attached hydrogens (tertiary/aromatic N) is 1. The first-order valence-corrected chi connectivity index (χ1v) is 7.33. The lowest BCUT2D eigenvalue weighted by Crippen LogP contribution is -2.14. The SMILES string of the molecule is COc1ccc([C@H](O)[C@H]2CN2[C@H](C)c2ccccc2)cc1. The van der Waals surface area contributed by atoms with E-state index in [0.29, 0.717) is 6.04 Å². The van der Waals surface area contributed by atoms with Crippen LogP contribution in [-0.2, 0) is 0 Å². The second-order valence-corrected chi connectivity index (χ2v) is 5.57. The molecule has 4 atom stereocenters. The van der Waals surface area contributed by atoms with Gasteiger partial charge in [-0.15, -0.1) is 0 Å². The highest BCUT2D eigenvalue weighted by Crippen LogP contribution is 2.38. The maximum Gasteiger partial charge on any atom is 0.118 e. The second-order valence-electron chi connectivity index (χ2n) is 5.57. The Morgan fingerprint density at radius 2 is 1.71 bits per heavy atom. The normalized spacial score (nSPS) is 23.4. The van der Waals surface area contributed by atoms with Gasteiger partial charge in [0.15, 0.2) is 0 Å². The Labute approximate surface area is 125 Å². The molecule has 1 fully saturated rings. The van der Waals surface area contributed by atoms with Crippen LogP contribution in [0.15, 0.2) is 54.6 Å². The summed E-state index contributed by atoms with van der Waals surface area (Å²) in [5.41, 5.74) is 2.24. The topological polar surface area (TPSA) is 32.5 Å². The van der Waals surface area contributed by atoms with E-state index >= 15 is 0 Å². The third kappa shape index (κ3) is 2.94. The maximum atomic E-state index is 10.5. The molecule has 3 nitrogen and oxygen atoms in total. The van der Waals surface area contributed by atoms with Gasteiger partial charge >= 0.3 is 0 Å². The highest BCUT2D eigenvalue weighted by atomic mass is 16.5. The summed E-state index contributed by atoms with van der Waals surface area (Å²) in [7, 11) is 1.65. The number of hydrogen-bond acceptors (Lipinski definition) is 3. The predicted octanol–water partition coefficient (Wildman–Crippen LogP) is 3.17. The minimum absolute atomic E-state index is 0.202. The molecule has 3 rings (SSSR count). The van der Waals surface area contributed by atoms with Crippen molar-refractivity contribution in [2.75, 3.05) is 13.7 Å². The van der Waals surface area contributed by atoms with Gasteiger partial charge in [0.1, 0.15) is 5.75 Å². The van der Waals surface area contributed by atoms with E-state index in [9.17, 15) is 5.11 Å². The zero-order valence-electron chi connectivity index (χ0n) is 12.4. The highest BCUT2D eigenvalue weighted by molar-refractivity contribution is 5.30. The second kappa shape index (κ2) is 5.88. The zero-order valence-corrected chi connectivity index (χ0v) is 12.4. The molecule has 1 unspecified atom stereocenters. The van der Waals surface area contributed by atoms with Gasteiger partial charge in [-0.1, -0.05) is 42.5 Å². The summed E-state index contributed by atoms with van der Waals surface area (Å²) < 4.78 is 5.15. The van der Waals surface area contributed by atoms with Crippen LogP contribution in [0.4, 0.5) is 0 Å². The number of ether oxygens (including phenoxy) is 1. The van der Waals surface area contributed by atoms with Crippen LogP contribution < -0.4 is 4.74 Å². The van der Waals surface area contributed by atoms with Crippen molar-refractivity contribution in [3.05, 3.63) is 65.7 Å². The number of aliphatic hydroxyl groups is 1. The summed E-state index contributed by atoms with van der Waals surface area (Å²) in [6, 6.07) is 18.6. The van der Waals surface area contributed by atoms with E-state index in [1.54, 1.807) is 7.11 Å². The van der Waals surface area contributed by atoms with Crippen LogP contribution in [0, 0.1) is 0 Å². The zero-order chi connectivity index (χ0) is 14.8. The number of aliphatic hydroxyl groups excluding tert-OH is 1. The summed E-state index contributed by atoms with van der Waals surface area (Å²) in [5, 5.41) is 10.5. The first kappa shape index (κ1) is 14.1. The molecule has 0 radical (unpaired) electrons. The molecule has 2 aromatic rings. The van der Waals surface area contributed by atoms with Gasteiger partial charge in [0.05, 0.1) is 19.3 Å². The monoisotopic (exact) mass is 283 g/mol. The van der Waals surface area contributed by atoms with Crippen LogP contribution in [0.2, 0.25) is 0 Å². The molecule has 21 heavy (non-hydrogen) atoms. The summed E-state index contributed by atoms with van der Waals surface area (Å²) in [6.45, 7) is 3.12. The lowest BCUT2D eigenvalue weighted by molar-refractivity contribution is 0.151. The van der Waals surface area contributed by atoms with Gasteiger partial charge in [-0.2, -0.15) is 0 Å². The molecule has 0 aromatic heterocycles. The molecular formula is C18H21NO2. The van der Waals surface area contributed by atoms with Gasteiger partial charge in [0.2, 0.25) is 0 Å². The third-order valence-electron chi connectivity index (χ3n) is 4.29. The molecule has 0 spiro atoms. The maximum absolute atomic E-state index is 10.5. The van der Waals surface area contributed by atoms with Crippen LogP contribution in [0.3, 0.4) is 0 Å².